The number of rotatable bonds is 2. The van der Waals surface area contributed by atoms with Crippen molar-refractivity contribution in [1.82, 2.24) is 15.3 Å². The van der Waals surface area contributed by atoms with Crippen molar-refractivity contribution in [3.63, 3.8) is 0 Å². The Balaban J connectivity index is 1.91. The van der Waals surface area contributed by atoms with E-state index in [1.807, 2.05) is 77.7 Å². The van der Waals surface area contributed by atoms with Gasteiger partial charge in [-0.2, -0.15) is 10.5 Å². The van der Waals surface area contributed by atoms with Crippen molar-refractivity contribution in [3.8, 4) is 12.1 Å². The first-order valence-electron chi connectivity index (χ1n) is 10.2. The van der Waals surface area contributed by atoms with Gasteiger partial charge >= 0.3 is 0 Å². The van der Waals surface area contributed by atoms with Gasteiger partial charge < -0.3 is 20.6 Å². The van der Waals surface area contributed by atoms with E-state index in [9.17, 15) is 10.5 Å². The summed E-state index contributed by atoms with van der Waals surface area (Å²) in [5.74, 6) is 0.818. The molecule has 3 heterocycles. The van der Waals surface area contributed by atoms with Crippen molar-refractivity contribution in [2.75, 3.05) is 10.2 Å². The van der Waals surface area contributed by atoms with Crippen molar-refractivity contribution >= 4 is 53.3 Å². The molecule has 0 amide bonds. The van der Waals surface area contributed by atoms with Gasteiger partial charge in [-0.3, -0.25) is 4.90 Å². The Kier molecular flexibility index (Phi) is 5.56. The number of allylic oxidation sites excluding steroid dienone is 2. The normalized spacial score (nSPS) is 16.4. The van der Waals surface area contributed by atoms with Gasteiger partial charge in [-0.25, -0.2) is 0 Å². The first-order chi connectivity index (χ1) is 16.5. The highest BCUT2D eigenvalue weighted by molar-refractivity contribution is 7.80. The summed E-state index contributed by atoms with van der Waals surface area (Å²) in [4.78, 5) is 8.04. The van der Waals surface area contributed by atoms with Crippen LogP contribution in [0.25, 0.3) is 0 Å². The molecule has 0 saturated carbocycles. The third-order valence-corrected chi connectivity index (χ3v) is 6.42. The second-order valence-electron chi connectivity index (χ2n) is 7.50. The SMILES string of the molecule is N#CC(C#N)=C1NC(=S)N(c2ccccc2)C2=C1C(c1ccccc1)c1c([nH]c(=S)[nH]c1=S)N2. The van der Waals surface area contributed by atoms with Gasteiger partial charge in [0.15, 0.2) is 15.5 Å². The summed E-state index contributed by atoms with van der Waals surface area (Å²) in [5.41, 5.74) is 3.44. The number of nitrogens with zero attached hydrogens (tertiary/aromatic N) is 3. The van der Waals surface area contributed by atoms with Crippen LogP contribution < -0.4 is 15.5 Å². The summed E-state index contributed by atoms with van der Waals surface area (Å²) in [6, 6.07) is 23.4. The molecular weight excluding hydrogens is 483 g/mol. The maximum Gasteiger partial charge on any atom is 0.183 e. The molecule has 7 nitrogen and oxygen atoms in total. The number of benzene rings is 2. The number of aromatic nitrogens is 2. The van der Waals surface area contributed by atoms with Crippen LogP contribution in [-0.2, 0) is 0 Å². The Morgan fingerprint density at radius 2 is 1.50 bits per heavy atom. The topological polar surface area (TPSA) is 106 Å². The van der Waals surface area contributed by atoms with Crippen molar-refractivity contribution in [3.05, 3.63) is 104 Å². The van der Waals surface area contributed by atoms with E-state index in [2.05, 4.69) is 20.6 Å². The smallest absolute Gasteiger partial charge is 0.183 e. The van der Waals surface area contributed by atoms with Crippen molar-refractivity contribution in [1.29, 1.82) is 10.5 Å². The molecule has 1 unspecified atom stereocenters. The van der Waals surface area contributed by atoms with Gasteiger partial charge in [-0.05, 0) is 42.1 Å². The first-order valence-corrected chi connectivity index (χ1v) is 11.4. The summed E-state index contributed by atoms with van der Waals surface area (Å²) >= 11 is 16.8. The van der Waals surface area contributed by atoms with E-state index >= 15 is 0 Å². The minimum atomic E-state index is -0.420. The molecule has 1 atom stereocenters. The minimum absolute atomic E-state index is 0.0764. The predicted octanol–water partition coefficient (Wildman–Crippen LogP) is 5.27. The number of nitriles is 2. The molecule has 0 spiro atoms. The summed E-state index contributed by atoms with van der Waals surface area (Å²) in [6.45, 7) is 0. The monoisotopic (exact) mass is 497 g/mol. The highest BCUT2D eigenvalue weighted by Crippen LogP contribution is 2.47. The van der Waals surface area contributed by atoms with Crippen molar-refractivity contribution in [2.45, 2.75) is 5.92 Å². The van der Waals surface area contributed by atoms with Gasteiger partial charge in [-0.1, -0.05) is 60.7 Å². The van der Waals surface area contributed by atoms with E-state index in [4.69, 9.17) is 36.7 Å². The maximum absolute atomic E-state index is 9.76. The van der Waals surface area contributed by atoms with Crippen LogP contribution in [0.4, 0.5) is 11.5 Å². The fraction of sp³-hybridized carbons (Fsp3) is 0.0417. The van der Waals surface area contributed by atoms with Crippen LogP contribution in [0.3, 0.4) is 0 Å². The standard InChI is InChI=1S/C24H15N7S3/c25-11-14(12-26)19-17-16(13-7-3-1-4-8-13)18-20(29-23(33)30-22(18)32)28-21(17)31(24(34)27-19)15-9-5-2-6-10-15/h1-10,16H,(H,27,34)(H3,28,29,30,32,33). The Morgan fingerprint density at radius 3 is 2.15 bits per heavy atom. The second-order valence-corrected chi connectivity index (χ2v) is 8.71. The first kappa shape index (κ1) is 21.7. The molecule has 1 aromatic heterocycles. The number of hydrogen-bond donors (Lipinski definition) is 4. The predicted molar refractivity (Wildman–Crippen MR) is 139 cm³/mol. The van der Waals surface area contributed by atoms with E-state index in [-0.39, 0.29) is 5.57 Å². The summed E-state index contributed by atoms with van der Waals surface area (Å²) in [5, 5.41) is 26.4. The van der Waals surface area contributed by atoms with E-state index in [0.717, 1.165) is 16.8 Å². The van der Waals surface area contributed by atoms with Gasteiger partial charge in [0, 0.05) is 22.7 Å². The Bertz CT molecular complexity index is 1570. The molecule has 0 fully saturated rings. The number of hydrogen-bond acceptors (Lipinski definition) is 6. The molecule has 34 heavy (non-hydrogen) atoms. The number of anilines is 2. The highest BCUT2D eigenvalue weighted by atomic mass is 32.1. The van der Waals surface area contributed by atoms with Crippen LogP contribution in [-0.4, -0.2) is 15.1 Å². The zero-order chi connectivity index (χ0) is 23.8. The molecule has 0 radical (unpaired) electrons. The van der Waals surface area contributed by atoms with E-state index in [0.29, 0.717) is 37.4 Å². The van der Waals surface area contributed by atoms with E-state index < -0.39 is 5.92 Å². The minimum Gasteiger partial charge on any atom is -0.330 e. The lowest BCUT2D eigenvalue weighted by Gasteiger charge is -2.42. The number of fused-ring (bicyclic) bond motifs is 1. The molecule has 2 aliphatic rings. The Hall–Kier alpha value is -4.09. The lowest BCUT2D eigenvalue weighted by molar-refractivity contribution is 0.825. The third kappa shape index (κ3) is 3.51. The largest absolute Gasteiger partial charge is 0.330 e. The third-order valence-electron chi connectivity index (χ3n) is 5.60. The van der Waals surface area contributed by atoms with Gasteiger partial charge in [0.25, 0.3) is 0 Å². The van der Waals surface area contributed by atoms with Crippen LogP contribution in [0.2, 0.25) is 0 Å². The van der Waals surface area contributed by atoms with Crippen LogP contribution in [0.5, 0.6) is 0 Å². The number of para-hydroxylation sites is 1. The molecule has 2 aromatic carbocycles. The maximum atomic E-state index is 9.76. The van der Waals surface area contributed by atoms with Crippen molar-refractivity contribution in [2.24, 2.45) is 0 Å². The van der Waals surface area contributed by atoms with Gasteiger partial charge in [0.2, 0.25) is 0 Å². The number of thiocarbonyl (C=S) groups is 1. The number of nitrogens with one attached hydrogen (secondary N) is 4. The summed E-state index contributed by atoms with van der Waals surface area (Å²) in [7, 11) is 0. The van der Waals surface area contributed by atoms with E-state index in [1.54, 1.807) is 0 Å². The van der Waals surface area contributed by atoms with Gasteiger partial charge in [-0.15, -0.1) is 0 Å². The van der Waals surface area contributed by atoms with Crippen molar-refractivity contribution < 1.29 is 0 Å². The second kappa shape index (κ2) is 8.69. The molecule has 10 heteroatoms. The van der Waals surface area contributed by atoms with E-state index in [1.165, 1.54) is 0 Å². The molecule has 5 rings (SSSR count). The lowest BCUT2D eigenvalue weighted by atomic mass is 9.80. The average molecular weight is 498 g/mol. The molecule has 0 saturated heterocycles. The Labute approximate surface area is 210 Å². The quantitative estimate of drug-likeness (QED) is 0.280. The average Bonchev–Trinajstić information content (AvgIpc) is 2.84. The number of aromatic amines is 2. The van der Waals surface area contributed by atoms with Gasteiger partial charge in [0.1, 0.15) is 28.4 Å². The molecule has 0 aliphatic carbocycles. The Morgan fingerprint density at radius 1 is 0.853 bits per heavy atom. The molecule has 164 valence electrons. The zero-order valence-electron chi connectivity index (χ0n) is 17.4. The molecule has 0 bridgehead atoms. The summed E-state index contributed by atoms with van der Waals surface area (Å²) < 4.78 is 0.835. The fourth-order valence-corrected chi connectivity index (χ4v) is 5.13. The van der Waals surface area contributed by atoms with Crippen LogP contribution in [0, 0.1) is 32.1 Å². The molecule has 4 N–H and O–H groups in total. The molecule has 3 aromatic rings. The summed E-state index contributed by atoms with van der Waals surface area (Å²) in [6.07, 6.45) is 0. The van der Waals surface area contributed by atoms with Crippen LogP contribution >= 0.6 is 36.7 Å². The fourth-order valence-electron chi connectivity index (χ4n) is 4.24. The zero-order valence-corrected chi connectivity index (χ0v) is 19.9. The van der Waals surface area contributed by atoms with Gasteiger partial charge in [0.05, 0.1) is 5.70 Å². The number of H-pyrrole nitrogens is 2. The highest BCUT2D eigenvalue weighted by Gasteiger charge is 2.41. The molecular formula is C24H15N7S3. The van der Waals surface area contributed by atoms with Crippen LogP contribution in [0.15, 0.2) is 83.3 Å². The van der Waals surface area contributed by atoms with Crippen LogP contribution in [0.1, 0.15) is 17.0 Å². The molecule has 2 aliphatic heterocycles. The lowest BCUT2D eigenvalue weighted by Crippen LogP contribution is -2.49.